The first kappa shape index (κ1) is 77.8. The zero-order valence-electron chi connectivity index (χ0n) is 53.7. The molecule has 0 saturated carbocycles. The molecule has 6 heteroatoms. The lowest BCUT2D eigenvalue weighted by Crippen LogP contribution is -2.30. The van der Waals surface area contributed by atoms with E-state index in [9.17, 15) is 14.4 Å². The quantitative estimate of drug-likeness (QED) is 0.0261. The first-order valence-electron chi connectivity index (χ1n) is 34.5. The zero-order chi connectivity index (χ0) is 59.2. The van der Waals surface area contributed by atoms with Gasteiger partial charge in [0, 0.05) is 19.3 Å². The van der Waals surface area contributed by atoms with Gasteiger partial charge in [0.15, 0.2) is 6.10 Å². The monoisotopic (exact) mass is 1140 g/mol. The molecule has 0 N–H and O–H groups in total. The standard InChI is InChI=1S/C76H128O6/c1-4-7-10-13-16-18-20-22-24-26-28-30-32-33-34-35-36-37-38-39-40-41-42-43-45-46-48-50-52-54-56-58-60-63-66-69-75(78)81-72-73(71-80-74(77)68-65-62-15-12-9-6-3)82-76(79)70-67-64-61-59-57-55-53-51-49-47-44-31-29-27-25-23-21-19-17-14-11-8-5-2/h7-8,10-11,16-19,22-25,28-31,33-34,36-37,73H,4-6,9,12-15,20-21,26-27,32,35,38-72H2,1-3H3/b10-7-,11-8-,18-16-,19-17-,24-22-,25-23-,30-28-,31-29-,34-33-,37-36-. The van der Waals surface area contributed by atoms with E-state index >= 15 is 0 Å². The minimum Gasteiger partial charge on any atom is -0.462 e. The second-order valence-electron chi connectivity index (χ2n) is 22.7. The molecular formula is C76H128O6. The van der Waals surface area contributed by atoms with Gasteiger partial charge in [-0.15, -0.1) is 0 Å². The van der Waals surface area contributed by atoms with E-state index in [2.05, 4.69) is 142 Å². The van der Waals surface area contributed by atoms with Gasteiger partial charge in [0.2, 0.25) is 0 Å². The highest BCUT2D eigenvalue weighted by atomic mass is 16.6. The number of hydrogen-bond donors (Lipinski definition) is 0. The molecule has 0 fully saturated rings. The van der Waals surface area contributed by atoms with Gasteiger partial charge in [-0.1, -0.05) is 316 Å². The van der Waals surface area contributed by atoms with Crippen LogP contribution in [0, 0.1) is 0 Å². The van der Waals surface area contributed by atoms with E-state index in [1.54, 1.807) is 0 Å². The van der Waals surface area contributed by atoms with Crippen LogP contribution < -0.4 is 0 Å². The molecule has 468 valence electrons. The maximum absolute atomic E-state index is 12.9. The summed E-state index contributed by atoms with van der Waals surface area (Å²) in [6, 6.07) is 0. The van der Waals surface area contributed by atoms with Gasteiger partial charge in [0.25, 0.3) is 0 Å². The summed E-state index contributed by atoms with van der Waals surface area (Å²) >= 11 is 0. The Morgan fingerprint density at radius 1 is 0.256 bits per heavy atom. The Hall–Kier alpha value is -4.19. The van der Waals surface area contributed by atoms with Crippen molar-refractivity contribution in [2.24, 2.45) is 0 Å². The number of rotatable bonds is 62. The first-order valence-corrected chi connectivity index (χ1v) is 34.5. The number of carbonyl (C=O) groups excluding carboxylic acids is 3. The van der Waals surface area contributed by atoms with Gasteiger partial charge < -0.3 is 14.2 Å². The predicted octanol–water partition coefficient (Wildman–Crippen LogP) is 23.9. The molecule has 82 heavy (non-hydrogen) atoms. The van der Waals surface area contributed by atoms with Gasteiger partial charge >= 0.3 is 17.9 Å². The van der Waals surface area contributed by atoms with Crippen molar-refractivity contribution in [3.05, 3.63) is 122 Å². The van der Waals surface area contributed by atoms with Crippen LogP contribution in [0.15, 0.2) is 122 Å². The van der Waals surface area contributed by atoms with E-state index in [0.29, 0.717) is 19.3 Å². The highest BCUT2D eigenvalue weighted by molar-refractivity contribution is 5.71. The topological polar surface area (TPSA) is 78.9 Å². The lowest BCUT2D eigenvalue weighted by Gasteiger charge is -2.18. The van der Waals surface area contributed by atoms with Crippen LogP contribution in [0.25, 0.3) is 0 Å². The molecule has 0 radical (unpaired) electrons. The summed E-state index contributed by atoms with van der Waals surface area (Å²) < 4.78 is 16.8. The Kier molecular flexibility index (Phi) is 65.8. The molecule has 1 unspecified atom stereocenters. The number of esters is 3. The lowest BCUT2D eigenvalue weighted by molar-refractivity contribution is -0.167. The molecule has 0 bridgehead atoms. The maximum Gasteiger partial charge on any atom is 0.306 e. The number of carbonyl (C=O) groups is 3. The minimum absolute atomic E-state index is 0.0778. The van der Waals surface area contributed by atoms with Crippen LogP contribution in [0.4, 0.5) is 0 Å². The number of ether oxygens (including phenoxy) is 3. The Bertz CT molecular complexity index is 1690. The summed E-state index contributed by atoms with van der Waals surface area (Å²) in [7, 11) is 0. The summed E-state index contributed by atoms with van der Waals surface area (Å²) in [6.07, 6.45) is 96.9. The molecule has 0 heterocycles. The summed E-state index contributed by atoms with van der Waals surface area (Å²) in [5.74, 6) is -0.882. The van der Waals surface area contributed by atoms with Crippen LogP contribution in [-0.2, 0) is 28.6 Å². The third-order valence-corrected chi connectivity index (χ3v) is 14.7. The van der Waals surface area contributed by atoms with Crippen molar-refractivity contribution < 1.29 is 28.6 Å². The molecule has 0 aliphatic rings. The van der Waals surface area contributed by atoms with E-state index in [1.807, 2.05) is 0 Å². The van der Waals surface area contributed by atoms with E-state index in [0.717, 1.165) is 122 Å². The van der Waals surface area contributed by atoms with Gasteiger partial charge in [-0.3, -0.25) is 14.4 Å². The molecule has 0 aliphatic carbocycles. The van der Waals surface area contributed by atoms with Gasteiger partial charge in [-0.25, -0.2) is 0 Å². The molecule has 0 rings (SSSR count). The molecule has 0 aromatic heterocycles. The molecule has 0 aromatic carbocycles. The minimum atomic E-state index is -0.778. The molecule has 0 aromatic rings. The Morgan fingerprint density at radius 3 is 0.744 bits per heavy atom. The van der Waals surface area contributed by atoms with Crippen LogP contribution in [0.1, 0.15) is 323 Å². The van der Waals surface area contributed by atoms with E-state index in [4.69, 9.17) is 14.2 Å². The van der Waals surface area contributed by atoms with Crippen LogP contribution in [0.3, 0.4) is 0 Å². The maximum atomic E-state index is 12.9. The Labute approximate surface area is 507 Å². The molecule has 0 spiro atoms. The molecule has 1 atom stereocenters. The van der Waals surface area contributed by atoms with Crippen molar-refractivity contribution in [1.29, 1.82) is 0 Å². The Morgan fingerprint density at radius 2 is 0.476 bits per heavy atom. The van der Waals surface area contributed by atoms with Gasteiger partial charge in [0.05, 0.1) is 0 Å². The first-order chi connectivity index (χ1) is 40.5. The van der Waals surface area contributed by atoms with Gasteiger partial charge in [0.1, 0.15) is 13.2 Å². The van der Waals surface area contributed by atoms with E-state index < -0.39 is 6.10 Å². The number of allylic oxidation sites excluding steroid dienone is 20. The zero-order valence-corrected chi connectivity index (χ0v) is 53.7. The molecule has 0 amide bonds. The second-order valence-corrected chi connectivity index (χ2v) is 22.7. The van der Waals surface area contributed by atoms with Crippen molar-refractivity contribution in [2.45, 2.75) is 329 Å². The summed E-state index contributed by atoms with van der Waals surface area (Å²) in [6.45, 7) is 6.37. The Balaban J connectivity index is 4.01. The van der Waals surface area contributed by atoms with Gasteiger partial charge in [-0.2, -0.15) is 0 Å². The predicted molar refractivity (Wildman–Crippen MR) is 357 cm³/mol. The second kappa shape index (κ2) is 69.3. The van der Waals surface area contributed by atoms with Gasteiger partial charge in [-0.05, 0) is 109 Å². The van der Waals surface area contributed by atoms with Crippen LogP contribution in [-0.4, -0.2) is 37.2 Å². The van der Waals surface area contributed by atoms with Crippen molar-refractivity contribution in [1.82, 2.24) is 0 Å². The normalized spacial score (nSPS) is 12.9. The van der Waals surface area contributed by atoms with Crippen LogP contribution in [0.2, 0.25) is 0 Å². The van der Waals surface area contributed by atoms with E-state index in [-0.39, 0.29) is 31.1 Å². The average Bonchev–Trinajstić information content (AvgIpc) is 3.47. The molecule has 6 nitrogen and oxygen atoms in total. The largest absolute Gasteiger partial charge is 0.462 e. The fourth-order valence-corrected chi connectivity index (χ4v) is 9.62. The number of unbranched alkanes of at least 4 members (excludes halogenated alkanes) is 31. The molecular weight excluding hydrogens is 1010 g/mol. The molecule has 0 saturated heterocycles. The van der Waals surface area contributed by atoms with Crippen molar-refractivity contribution in [3.63, 3.8) is 0 Å². The van der Waals surface area contributed by atoms with Crippen LogP contribution >= 0.6 is 0 Å². The summed E-state index contributed by atoms with van der Waals surface area (Å²) in [4.78, 5) is 38.1. The average molecular weight is 1140 g/mol. The third-order valence-electron chi connectivity index (χ3n) is 14.7. The number of hydrogen-bond acceptors (Lipinski definition) is 6. The highest BCUT2D eigenvalue weighted by Crippen LogP contribution is 2.17. The summed E-state index contributed by atoms with van der Waals surface area (Å²) in [5, 5.41) is 0. The van der Waals surface area contributed by atoms with Crippen molar-refractivity contribution >= 4 is 17.9 Å². The lowest BCUT2D eigenvalue weighted by atomic mass is 10.0. The van der Waals surface area contributed by atoms with Crippen LogP contribution in [0.5, 0.6) is 0 Å². The fraction of sp³-hybridized carbons (Fsp3) is 0.697. The van der Waals surface area contributed by atoms with Crippen molar-refractivity contribution in [2.75, 3.05) is 13.2 Å². The summed E-state index contributed by atoms with van der Waals surface area (Å²) in [5.41, 5.74) is 0. The SMILES string of the molecule is CC/C=C\C/C=C\C/C=C\C/C=C\C/C=C\C/C=C\CCCCCCCCCCCCCCCCCCC(=O)OCC(COC(=O)CCCCCCCC)OC(=O)CCCCCCCCCCCC/C=C\C/C=C\C/C=C\C/C=C\CC. The molecule has 0 aliphatic heterocycles. The smallest absolute Gasteiger partial charge is 0.306 e. The van der Waals surface area contributed by atoms with E-state index in [1.165, 1.54) is 161 Å². The van der Waals surface area contributed by atoms with Crippen molar-refractivity contribution in [3.8, 4) is 0 Å². The highest BCUT2D eigenvalue weighted by Gasteiger charge is 2.19. The fourth-order valence-electron chi connectivity index (χ4n) is 9.62. The third kappa shape index (κ3) is 66.6.